The van der Waals surface area contributed by atoms with E-state index < -0.39 is 17.0 Å². The van der Waals surface area contributed by atoms with Gasteiger partial charge in [0.05, 0.1) is 5.60 Å². The van der Waals surface area contributed by atoms with E-state index in [0.29, 0.717) is 6.42 Å². The van der Waals surface area contributed by atoms with Gasteiger partial charge in [-0.3, -0.25) is 0 Å². The molecule has 0 rings (SSSR count). The van der Waals surface area contributed by atoms with Crippen molar-refractivity contribution >= 4 is 5.97 Å². The van der Waals surface area contributed by atoms with Gasteiger partial charge >= 0.3 is 29.6 Å². The van der Waals surface area contributed by atoms with Crippen LogP contribution in [0.25, 0.3) is 0 Å². The Kier molecular flexibility index (Phi) is 5.73. The Labute approximate surface area is 95.5 Å². The number of hydrogen-bond donors (Lipinski definition) is 1. The van der Waals surface area contributed by atoms with E-state index in [9.17, 15) is 15.0 Å². The SMILES string of the molecule is CCC(C)(O)C(C)(C)C(=O)[O-].[Na+]. The fourth-order valence-corrected chi connectivity index (χ4v) is 0.662. The normalized spacial score (nSPS) is 16.1. The fraction of sp³-hybridized carbons (Fsp3) is 0.875. The molecule has 12 heavy (non-hydrogen) atoms. The summed E-state index contributed by atoms with van der Waals surface area (Å²) in [6.07, 6.45) is 0.397. The van der Waals surface area contributed by atoms with Gasteiger partial charge in [0.2, 0.25) is 0 Å². The molecule has 0 aromatic rings. The number of hydrogen-bond acceptors (Lipinski definition) is 3. The van der Waals surface area contributed by atoms with Crippen LogP contribution in [0.4, 0.5) is 0 Å². The summed E-state index contributed by atoms with van der Waals surface area (Å²) in [6, 6.07) is 0. The molecule has 1 unspecified atom stereocenters. The van der Waals surface area contributed by atoms with Gasteiger partial charge in [-0.05, 0) is 13.3 Å². The number of carbonyl (C=O) groups is 1. The van der Waals surface area contributed by atoms with Crippen LogP contribution in [0.15, 0.2) is 0 Å². The predicted octanol–water partition coefficient (Wildman–Crippen LogP) is -3.07. The molecular formula is C8H15NaO3. The van der Waals surface area contributed by atoms with E-state index in [1.807, 2.05) is 0 Å². The second-order valence-corrected chi connectivity index (χ2v) is 3.54. The third kappa shape index (κ3) is 2.73. The average Bonchev–Trinajstić information content (AvgIpc) is 1.87. The smallest absolute Gasteiger partial charge is 0.549 e. The Morgan fingerprint density at radius 2 is 1.75 bits per heavy atom. The number of carboxylic acid groups (broad SMARTS) is 1. The number of carbonyl (C=O) groups excluding carboxylic acids is 1. The van der Waals surface area contributed by atoms with Crippen LogP contribution in [-0.4, -0.2) is 16.7 Å². The molecule has 0 fully saturated rings. The van der Waals surface area contributed by atoms with Crippen LogP contribution in [-0.2, 0) is 4.79 Å². The first-order valence-corrected chi connectivity index (χ1v) is 3.69. The molecule has 0 aromatic heterocycles. The Hall–Kier alpha value is 0.430. The van der Waals surface area contributed by atoms with Crippen molar-refractivity contribution in [1.82, 2.24) is 0 Å². The van der Waals surface area contributed by atoms with E-state index >= 15 is 0 Å². The van der Waals surface area contributed by atoms with Crippen LogP contribution >= 0.6 is 0 Å². The second-order valence-electron chi connectivity index (χ2n) is 3.54. The van der Waals surface area contributed by atoms with Gasteiger partial charge in [0.25, 0.3) is 0 Å². The summed E-state index contributed by atoms with van der Waals surface area (Å²) in [4.78, 5) is 10.6. The second kappa shape index (κ2) is 4.61. The van der Waals surface area contributed by atoms with E-state index in [0.717, 1.165) is 0 Å². The number of rotatable bonds is 3. The molecule has 3 nitrogen and oxygen atoms in total. The molecule has 0 aliphatic rings. The van der Waals surface area contributed by atoms with Crippen molar-refractivity contribution in [3.05, 3.63) is 0 Å². The van der Waals surface area contributed by atoms with Gasteiger partial charge in [-0.1, -0.05) is 20.8 Å². The molecule has 4 heteroatoms. The van der Waals surface area contributed by atoms with Gasteiger partial charge in [0, 0.05) is 11.4 Å². The van der Waals surface area contributed by atoms with Crippen LogP contribution in [0.1, 0.15) is 34.1 Å². The number of aliphatic hydroxyl groups is 1. The van der Waals surface area contributed by atoms with Gasteiger partial charge in [0.1, 0.15) is 0 Å². The topological polar surface area (TPSA) is 60.4 Å². The molecule has 0 aliphatic carbocycles. The minimum atomic E-state index is -1.22. The van der Waals surface area contributed by atoms with Crippen molar-refractivity contribution in [3.8, 4) is 0 Å². The van der Waals surface area contributed by atoms with E-state index in [4.69, 9.17) is 0 Å². The van der Waals surface area contributed by atoms with Gasteiger partial charge in [0.15, 0.2) is 0 Å². The number of carboxylic acids is 1. The maximum Gasteiger partial charge on any atom is 1.00 e. The zero-order valence-electron chi connectivity index (χ0n) is 8.47. The first kappa shape index (κ1) is 14.9. The Balaban J connectivity index is 0. The molecule has 0 heterocycles. The van der Waals surface area contributed by atoms with Gasteiger partial charge in [-0.2, -0.15) is 0 Å². The van der Waals surface area contributed by atoms with Crippen molar-refractivity contribution in [2.24, 2.45) is 5.41 Å². The molecule has 66 valence electrons. The third-order valence-corrected chi connectivity index (χ3v) is 2.55. The van der Waals surface area contributed by atoms with Crippen molar-refractivity contribution in [1.29, 1.82) is 0 Å². The van der Waals surface area contributed by atoms with E-state index in [1.165, 1.54) is 20.8 Å². The van der Waals surface area contributed by atoms with Gasteiger partial charge < -0.3 is 15.0 Å². The van der Waals surface area contributed by atoms with Crippen LogP contribution in [0, 0.1) is 5.41 Å². The first-order chi connectivity index (χ1) is 4.75. The Morgan fingerprint density at radius 1 is 1.42 bits per heavy atom. The molecule has 0 spiro atoms. The zero-order chi connectivity index (χ0) is 9.28. The summed E-state index contributed by atoms with van der Waals surface area (Å²) in [7, 11) is 0. The van der Waals surface area contributed by atoms with Crippen LogP contribution in [0.3, 0.4) is 0 Å². The summed E-state index contributed by atoms with van der Waals surface area (Å²) in [6.45, 7) is 6.17. The molecule has 0 aliphatic heterocycles. The maximum atomic E-state index is 10.6. The molecule has 0 radical (unpaired) electrons. The predicted molar refractivity (Wildman–Crippen MR) is 39.7 cm³/mol. The van der Waals surface area contributed by atoms with E-state index in [-0.39, 0.29) is 29.6 Å². The molecule has 0 saturated carbocycles. The quantitative estimate of drug-likeness (QED) is 0.471. The van der Waals surface area contributed by atoms with Crippen LogP contribution < -0.4 is 34.7 Å². The molecule has 0 bridgehead atoms. The summed E-state index contributed by atoms with van der Waals surface area (Å²) < 4.78 is 0. The minimum absolute atomic E-state index is 0. The molecular weight excluding hydrogens is 167 g/mol. The fourth-order valence-electron chi connectivity index (χ4n) is 0.662. The van der Waals surface area contributed by atoms with Crippen molar-refractivity contribution in [3.63, 3.8) is 0 Å². The van der Waals surface area contributed by atoms with E-state index in [1.54, 1.807) is 6.92 Å². The summed E-state index contributed by atoms with van der Waals surface area (Å²) in [5.74, 6) is -1.22. The van der Waals surface area contributed by atoms with E-state index in [2.05, 4.69) is 0 Å². The van der Waals surface area contributed by atoms with Crippen LogP contribution in [0.2, 0.25) is 0 Å². The summed E-state index contributed by atoms with van der Waals surface area (Å²) >= 11 is 0. The first-order valence-electron chi connectivity index (χ1n) is 3.69. The number of aliphatic carboxylic acids is 1. The van der Waals surface area contributed by atoms with Crippen molar-refractivity contribution < 1.29 is 44.6 Å². The molecule has 0 aromatic carbocycles. The molecule has 0 saturated heterocycles. The molecule has 0 amide bonds. The standard InChI is InChI=1S/C8H16O3.Na/c1-5-8(4,11)7(2,3)6(9)10;/h11H,5H2,1-4H3,(H,9,10);/q;+1/p-1. The summed E-state index contributed by atoms with van der Waals surface area (Å²) in [5, 5.41) is 20.2. The zero-order valence-corrected chi connectivity index (χ0v) is 10.5. The molecule has 1 atom stereocenters. The largest absolute Gasteiger partial charge is 1.00 e. The minimum Gasteiger partial charge on any atom is -0.549 e. The van der Waals surface area contributed by atoms with Gasteiger partial charge in [-0.25, -0.2) is 0 Å². The van der Waals surface area contributed by atoms with Crippen molar-refractivity contribution in [2.45, 2.75) is 39.7 Å². The van der Waals surface area contributed by atoms with Crippen molar-refractivity contribution in [2.75, 3.05) is 0 Å². The summed E-state index contributed by atoms with van der Waals surface area (Å²) in [5.41, 5.74) is -2.40. The Morgan fingerprint density at radius 3 is 1.83 bits per heavy atom. The average molecular weight is 182 g/mol. The van der Waals surface area contributed by atoms with Gasteiger partial charge in [-0.15, -0.1) is 0 Å². The van der Waals surface area contributed by atoms with Crippen LogP contribution in [0.5, 0.6) is 0 Å². The third-order valence-electron chi connectivity index (χ3n) is 2.55. The molecule has 1 N–H and O–H groups in total. The maximum absolute atomic E-state index is 10.6. The monoisotopic (exact) mass is 182 g/mol. The Bertz CT molecular complexity index is 164.